The topological polar surface area (TPSA) is 49.8 Å². The summed E-state index contributed by atoms with van der Waals surface area (Å²) in [6.07, 6.45) is 1.18. The molecule has 0 saturated heterocycles. The Morgan fingerprint density at radius 2 is 2.06 bits per heavy atom. The fourth-order valence-corrected chi connectivity index (χ4v) is 2.53. The maximum Gasteiger partial charge on any atom is 0.0854 e. The third-order valence-electron chi connectivity index (χ3n) is 2.75. The molecule has 1 atom stereocenters. The van der Waals surface area contributed by atoms with Gasteiger partial charge in [0.1, 0.15) is 0 Å². The van der Waals surface area contributed by atoms with Crippen LogP contribution in [0.2, 0.25) is 0 Å². The van der Waals surface area contributed by atoms with E-state index in [2.05, 4.69) is 54.8 Å². The zero-order valence-electron chi connectivity index (χ0n) is 12.2. The van der Waals surface area contributed by atoms with Gasteiger partial charge in [-0.15, -0.1) is 5.10 Å². The van der Waals surface area contributed by atoms with Crippen molar-refractivity contribution >= 4 is 11.5 Å². The van der Waals surface area contributed by atoms with E-state index in [4.69, 9.17) is 0 Å². The number of aromatic nitrogens is 2. The molecule has 0 fully saturated rings. The zero-order valence-corrected chi connectivity index (χ0v) is 13.0. The lowest BCUT2D eigenvalue weighted by Gasteiger charge is -2.18. The molecular weight excluding hydrogens is 244 g/mol. The molecule has 18 heavy (non-hydrogen) atoms. The molecule has 1 unspecified atom stereocenters. The average molecular weight is 270 g/mol. The monoisotopic (exact) mass is 270 g/mol. The molecule has 2 N–H and O–H groups in total. The minimum Gasteiger partial charge on any atom is -0.315 e. The van der Waals surface area contributed by atoms with Crippen LogP contribution >= 0.6 is 11.5 Å². The molecule has 0 bridgehead atoms. The van der Waals surface area contributed by atoms with Gasteiger partial charge in [-0.25, -0.2) is 0 Å². The van der Waals surface area contributed by atoms with Gasteiger partial charge in [-0.05, 0) is 31.4 Å². The van der Waals surface area contributed by atoms with E-state index < -0.39 is 0 Å². The van der Waals surface area contributed by atoms with Crippen LogP contribution in [0, 0.1) is 0 Å². The van der Waals surface area contributed by atoms with Crippen LogP contribution in [-0.4, -0.2) is 28.7 Å². The van der Waals surface area contributed by atoms with Crippen LogP contribution < -0.4 is 10.6 Å². The van der Waals surface area contributed by atoms with Crippen LogP contribution in [-0.2, 0) is 12.0 Å². The predicted molar refractivity (Wildman–Crippen MR) is 78.1 cm³/mol. The van der Waals surface area contributed by atoms with E-state index >= 15 is 0 Å². The summed E-state index contributed by atoms with van der Waals surface area (Å²) in [5, 5.41) is 11.2. The van der Waals surface area contributed by atoms with Gasteiger partial charge in [-0.1, -0.05) is 32.2 Å². The van der Waals surface area contributed by atoms with Gasteiger partial charge in [0.15, 0.2) is 0 Å². The minimum absolute atomic E-state index is 0.0771. The Morgan fingerprint density at radius 3 is 2.67 bits per heavy atom. The summed E-state index contributed by atoms with van der Waals surface area (Å²) in [5.74, 6) is 0. The maximum absolute atomic E-state index is 4.25. The number of hydrogen-bond donors (Lipinski definition) is 2. The highest BCUT2D eigenvalue weighted by Gasteiger charge is 2.22. The Balaban J connectivity index is 2.42. The molecular formula is C13H26N4S. The van der Waals surface area contributed by atoms with Crippen molar-refractivity contribution in [1.82, 2.24) is 20.2 Å². The van der Waals surface area contributed by atoms with Crippen molar-refractivity contribution in [1.29, 1.82) is 0 Å². The second-order valence-electron chi connectivity index (χ2n) is 5.78. The first-order chi connectivity index (χ1) is 8.45. The SMILES string of the molecule is CCCNCC(C)NCc1snnc1C(C)(C)C. The molecule has 1 heterocycles. The summed E-state index contributed by atoms with van der Waals surface area (Å²) < 4.78 is 4.08. The summed E-state index contributed by atoms with van der Waals surface area (Å²) in [6, 6.07) is 0.464. The summed E-state index contributed by atoms with van der Waals surface area (Å²) in [6.45, 7) is 13.9. The third kappa shape index (κ3) is 5.00. The highest BCUT2D eigenvalue weighted by atomic mass is 32.1. The summed E-state index contributed by atoms with van der Waals surface area (Å²) >= 11 is 1.50. The maximum atomic E-state index is 4.25. The third-order valence-corrected chi connectivity index (χ3v) is 3.48. The van der Waals surface area contributed by atoms with Gasteiger partial charge >= 0.3 is 0 Å². The van der Waals surface area contributed by atoms with Crippen LogP contribution in [0.25, 0.3) is 0 Å². The van der Waals surface area contributed by atoms with Crippen molar-refractivity contribution in [2.75, 3.05) is 13.1 Å². The quantitative estimate of drug-likeness (QED) is 0.747. The molecule has 1 aromatic rings. The van der Waals surface area contributed by atoms with Gasteiger partial charge < -0.3 is 10.6 Å². The largest absolute Gasteiger partial charge is 0.315 e. The summed E-state index contributed by atoms with van der Waals surface area (Å²) in [5.41, 5.74) is 1.20. The number of hydrogen-bond acceptors (Lipinski definition) is 5. The number of rotatable bonds is 7. The Bertz CT molecular complexity index is 343. The van der Waals surface area contributed by atoms with E-state index in [1.807, 2.05) is 0 Å². The van der Waals surface area contributed by atoms with E-state index in [0.29, 0.717) is 6.04 Å². The molecule has 0 spiro atoms. The first-order valence-corrected chi connectivity index (χ1v) is 7.48. The van der Waals surface area contributed by atoms with E-state index in [1.165, 1.54) is 22.8 Å². The van der Waals surface area contributed by atoms with Crippen molar-refractivity contribution < 1.29 is 0 Å². The van der Waals surface area contributed by atoms with Crippen LogP contribution in [0.3, 0.4) is 0 Å². The molecule has 1 aromatic heterocycles. The summed E-state index contributed by atoms with van der Waals surface area (Å²) in [4.78, 5) is 1.25. The minimum atomic E-state index is 0.0771. The highest BCUT2D eigenvalue weighted by Crippen LogP contribution is 2.25. The Hall–Kier alpha value is -0.520. The molecule has 104 valence electrons. The van der Waals surface area contributed by atoms with Gasteiger partial charge in [0.2, 0.25) is 0 Å². The average Bonchev–Trinajstić information content (AvgIpc) is 2.74. The Morgan fingerprint density at radius 1 is 1.33 bits per heavy atom. The lowest BCUT2D eigenvalue weighted by Crippen LogP contribution is -2.36. The smallest absolute Gasteiger partial charge is 0.0854 e. The van der Waals surface area contributed by atoms with Crippen LogP contribution in [0.15, 0.2) is 0 Å². The zero-order chi connectivity index (χ0) is 13.6. The van der Waals surface area contributed by atoms with Crippen molar-refractivity contribution in [2.24, 2.45) is 0 Å². The van der Waals surface area contributed by atoms with Crippen molar-refractivity contribution in [3.63, 3.8) is 0 Å². The first kappa shape index (κ1) is 15.5. The normalized spacial score (nSPS) is 13.8. The summed E-state index contributed by atoms with van der Waals surface area (Å²) in [7, 11) is 0. The Kier molecular flexibility index (Phi) is 6.18. The molecule has 0 aliphatic rings. The molecule has 0 radical (unpaired) electrons. The lowest BCUT2D eigenvalue weighted by molar-refractivity contribution is 0.495. The van der Waals surface area contributed by atoms with Gasteiger partial charge in [-0.2, -0.15) is 0 Å². The molecule has 0 saturated carbocycles. The Labute approximate surface area is 115 Å². The van der Waals surface area contributed by atoms with E-state index in [-0.39, 0.29) is 5.41 Å². The van der Waals surface area contributed by atoms with E-state index in [9.17, 15) is 0 Å². The predicted octanol–water partition coefficient (Wildman–Crippen LogP) is 2.31. The second kappa shape index (κ2) is 7.16. The van der Waals surface area contributed by atoms with Crippen molar-refractivity contribution in [3.05, 3.63) is 10.6 Å². The molecule has 0 aromatic carbocycles. The number of nitrogens with zero attached hydrogens (tertiary/aromatic N) is 2. The van der Waals surface area contributed by atoms with Gasteiger partial charge in [-0.3, -0.25) is 0 Å². The molecule has 0 aliphatic heterocycles. The first-order valence-electron chi connectivity index (χ1n) is 6.71. The van der Waals surface area contributed by atoms with Gasteiger partial charge in [0, 0.05) is 24.5 Å². The van der Waals surface area contributed by atoms with Crippen LogP contribution in [0.1, 0.15) is 51.6 Å². The molecule has 4 nitrogen and oxygen atoms in total. The van der Waals surface area contributed by atoms with E-state index in [0.717, 1.165) is 25.3 Å². The van der Waals surface area contributed by atoms with Crippen molar-refractivity contribution in [3.8, 4) is 0 Å². The molecule has 0 amide bonds. The fourth-order valence-electron chi connectivity index (χ4n) is 1.73. The number of nitrogens with one attached hydrogen (secondary N) is 2. The molecule has 1 rings (SSSR count). The second-order valence-corrected chi connectivity index (χ2v) is 6.62. The van der Waals surface area contributed by atoms with E-state index in [1.54, 1.807) is 0 Å². The van der Waals surface area contributed by atoms with Crippen LogP contribution in [0.5, 0.6) is 0 Å². The van der Waals surface area contributed by atoms with Crippen molar-refractivity contribution in [2.45, 2.75) is 59.0 Å². The molecule has 5 heteroatoms. The lowest BCUT2D eigenvalue weighted by atomic mass is 9.91. The molecule has 0 aliphatic carbocycles. The fraction of sp³-hybridized carbons (Fsp3) is 0.846. The highest BCUT2D eigenvalue weighted by molar-refractivity contribution is 7.05. The van der Waals surface area contributed by atoms with Crippen LogP contribution in [0.4, 0.5) is 0 Å². The standard InChI is InChI=1S/C13H26N4S/c1-6-7-14-8-10(2)15-9-11-12(13(3,4)5)16-17-18-11/h10,14-15H,6-9H2,1-5H3. The van der Waals surface area contributed by atoms with Gasteiger partial charge in [0.25, 0.3) is 0 Å². The van der Waals surface area contributed by atoms with Gasteiger partial charge in [0.05, 0.1) is 10.6 Å².